The van der Waals surface area contributed by atoms with Gasteiger partial charge in [0, 0.05) is 16.2 Å². The van der Waals surface area contributed by atoms with E-state index in [1.807, 2.05) is 12.1 Å². The monoisotopic (exact) mass is 537 g/mol. The number of hydrogen-bond donors (Lipinski definition) is 0. The van der Waals surface area contributed by atoms with E-state index in [0.717, 1.165) is 33.7 Å². The largest absolute Gasteiger partial charge is 0.438 e. The molecule has 0 spiro atoms. The lowest BCUT2D eigenvalue weighted by molar-refractivity contribution is 0.656. The first-order chi connectivity index (χ1) is 20.7. The van der Waals surface area contributed by atoms with Crippen molar-refractivity contribution in [2.45, 2.75) is 13.3 Å². The second-order valence-corrected chi connectivity index (χ2v) is 11.6. The van der Waals surface area contributed by atoms with Gasteiger partial charge >= 0.3 is 0 Å². The van der Waals surface area contributed by atoms with E-state index in [0.29, 0.717) is 11.6 Å². The summed E-state index contributed by atoms with van der Waals surface area (Å²) in [4.78, 5) is 4.84. The third-order valence-electron chi connectivity index (χ3n) is 8.97. The van der Waals surface area contributed by atoms with Crippen LogP contribution in [0.5, 0.6) is 0 Å². The highest BCUT2D eigenvalue weighted by atomic mass is 16.3. The van der Waals surface area contributed by atoms with Crippen LogP contribution in [0, 0.1) is 5.92 Å². The van der Waals surface area contributed by atoms with Crippen LogP contribution in [-0.4, -0.2) is 4.98 Å². The van der Waals surface area contributed by atoms with Crippen molar-refractivity contribution in [2.75, 3.05) is 0 Å². The van der Waals surface area contributed by atoms with Crippen molar-refractivity contribution >= 4 is 60.6 Å². The Kier molecular flexibility index (Phi) is 4.97. The zero-order valence-electron chi connectivity index (χ0n) is 23.3. The summed E-state index contributed by atoms with van der Waals surface area (Å²) >= 11 is 0. The summed E-state index contributed by atoms with van der Waals surface area (Å²) in [7, 11) is 0. The van der Waals surface area contributed by atoms with Gasteiger partial charge in [0.2, 0.25) is 5.71 Å². The van der Waals surface area contributed by atoms with Crippen molar-refractivity contribution in [2.24, 2.45) is 5.92 Å². The summed E-state index contributed by atoms with van der Waals surface area (Å²) in [6.45, 7) is 2.32. The summed E-state index contributed by atoms with van der Waals surface area (Å²) < 4.78 is 6.26. The van der Waals surface area contributed by atoms with Crippen molar-refractivity contribution in [3.63, 3.8) is 0 Å². The molecule has 0 fully saturated rings. The quantitative estimate of drug-likeness (QED) is 0.219. The summed E-state index contributed by atoms with van der Waals surface area (Å²) in [5, 5.41) is 8.40. The third kappa shape index (κ3) is 3.48. The fourth-order valence-electron chi connectivity index (χ4n) is 7.00. The molecule has 42 heavy (non-hydrogen) atoms. The smallest absolute Gasteiger partial charge is 0.227 e. The Morgan fingerprint density at radius 1 is 0.619 bits per heavy atom. The Bertz CT molecular complexity index is 2410. The topological polar surface area (TPSA) is 26.0 Å². The Morgan fingerprint density at radius 3 is 2.21 bits per heavy atom. The Balaban J connectivity index is 1.35. The Morgan fingerprint density at radius 2 is 1.33 bits per heavy atom. The summed E-state index contributed by atoms with van der Waals surface area (Å²) in [6, 6.07) is 41.6. The second-order valence-electron chi connectivity index (χ2n) is 11.6. The molecule has 2 nitrogen and oxygen atoms in total. The first-order valence-corrected chi connectivity index (χ1v) is 14.7. The molecule has 0 aliphatic heterocycles. The highest BCUT2D eigenvalue weighted by Crippen LogP contribution is 2.46. The zero-order chi connectivity index (χ0) is 27.8. The normalized spacial score (nSPS) is 14.8. The van der Waals surface area contributed by atoms with E-state index < -0.39 is 0 Å². The van der Waals surface area contributed by atoms with Crippen LogP contribution in [0.25, 0.3) is 82.8 Å². The molecular weight excluding hydrogens is 510 g/mol. The van der Waals surface area contributed by atoms with Gasteiger partial charge in [0.25, 0.3) is 0 Å². The zero-order valence-corrected chi connectivity index (χ0v) is 23.3. The average molecular weight is 538 g/mol. The standard InChI is InChI=1S/C40H27NO/c1-24-14-18-32-34(20-24)39(29-17-19-37-33(23-29)35-22-27-10-4-7-13-36(27)41-40(35)42-37)31-12-6-5-11-30(31)38(32)28-16-15-25-8-2-3-9-26(25)21-28/h2-19,21-24H,20H2,1H3. The van der Waals surface area contributed by atoms with Gasteiger partial charge in [0.15, 0.2) is 0 Å². The van der Waals surface area contributed by atoms with Crippen LogP contribution in [0.1, 0.15) is 18.1 Å². The van der Waals surface area contributed by atoms with E-state index in [9.17, 15) is 0 Å². The maximum atomic E-state index is 6.26. The van der Waals surface area contributed by atoms with Crippen LogP contribution in [0.2, 0.25) is 0 Å². The lowest BCUT2D eigenvalue weighted by atomic mass is 9.78. The van der Waals surface area contributed by atoms with E-state index in [1.165, 1.54) is 54.9 Å². The van der Waals surface area contributed by atoms with E-state index in [2.05, 4.69) is 122 Å². The van der Waals surface area contributed by atoms with Crippen molar-refractivity contribution in [1.29, 1.82) is 0 Å². The molecule has 0 saturated heterocycles. The molecule has 0 radical (unpaired) electrons. The number of hydrogen-bond acceptors (Lipinski definition) is 2. The molecule has 2 aromatic heterocycles. The van der Waals surface area contributed by atoms with E-state index >= 15 is 0 Å². The number of furan rings is 1. The van der Waals surface area contributed by atoms with Crippen molar-refractivity contribution in [3.8, 4) is 22.3 Å². The minimum Gasteiger partial charge on any atom is -0.438 e. The number of benzene rings is 6. The average Bonchev–Trinajstić information content (AvgIpc) is 3.38. The molecule has 8 aromatic rings. The van der Waals surface area contributed by atoms with E-state index in [-0.39, 0.29) is 0 Å². The lowest BCUT2D eigenvalue weighted by Gasteiger charge is -2.26. The molecule has 6 aromatic carbocycles. The van der Waals surface area contributed by atoms with Gasteiger partial charge in [-0.3, -0.25) is 0 Å². The number of rotatable bonds is 2. The van der Waals surface area contributed by atoms with E-state index in [1.54, 1.807) is 0 Å². The van der Waals surface area contributed by atoms with Crippen LogP contribution in [0.4, 0.5) is 0 Å². The molecule has 0 amide bonds. The molecule has 1 atom stereocenters. The van der Waals surface area contributed by atoms with Gasteiger partial charge in [-0.05, 0) is 97.6 Å². The molecule has 1 aliphatic rings. The maximum Gasteiger partial charge on any atom is 0.227 e. The van der Waals surface area contributed by atoms with Gasteiger partial charge in [0.1, 0.15) is 5.58 Å². The number of fused-ring (bicyclic) bond motifs is 7. The molecule has 198 valence electrons. The fourth-order valence-corrected chi connectivity index (χ4v) is 7.00. The highest BCUT2D eigenvalue weighted by molar-refractivity contribution is 6.13. The van der Waals surface area contributed by atoms with Crippen LogP contribution in [0.15, 0.2) is 126 Å². The molecule has 1 aliphatic carbocycles. The number of para-hydroxylation sites is 1. The number of allylic oxidation sites excluding steroid dienone is 1. The van der Waals surface area contributed by atoms with Gasteiger partial charge in [-0.2, -0.15) is 0 Å². The number of aromatic nitrogens is 1. The molecule has 9 rings (SSSR count). The summed E-state index contributed by atoms with van der Waals surface area (Å²) in [5.41, 5.74) is 10.4. The third-order valence-corrected chi connectivity index (χ3v) is 8.97. The predicted molar refractivity (Wildman–Crippen MR) is 177 cm³/mol. The Hall–Kier alpha value is -5.21. The van der Waals surface area contributed by atoms with Crippen LogP contribution in [0.3, 0.4) is 0 Å². The molecule has 0 saturated carbocycles. The Labute approximate surface area is 243 Å². The fraction of sp³-hybridized carbons (Fsp3) is 0.0750. The van der Waals surface area contributed by atoms with E-state index in [4.69, 9.17) is 9.40 Å². The minimum atomic E-state index is 0.468. The van der Waals surface area contributed by atoms with Crippen molar-refractivity contribution in [1.82, 2.24) is 4.98 Å². The molecule has 0 bridgehead atoms. The number of nitrogens with zero attached hydrogens (tertiary/aromatic N) is 1. The van der Waals surface area contributed by atoms with Gasteiger partial charge in [0.05, 0.1) is 5.52 Å². The van der Waals surface area contributed by atoms with Gasteiger partial charge in [-0.1, -0.05) is 104 Å². The first-order valence-electron chi connectivity index (χ1n) is 14.7. The first kappa shape index (κ1) is 23.5. The van der Waals surface area contributed by atoms with Crippen molar-refractivity contribution < 1.29 is 4.42 Å². The highest BCUT2D eigenvalue weighted by Gasteiger charge is 2.24. The maximum absolute atomic E-state index is 6.26. The molecule has 2 heterocycles. The SMILES string of the molecule is CC1C=Cc2c(c(-c3ccc4oc5nc6ccccc6cc5c4c3)c3ccccc3c2-c2ccc3ccccc3c2)C1. The molecular formula is C40H27NO. The predicted octanol–water partition coefficient (Wildman–Crippen LogP) is 11.0. The minimum absolute atomic E-state index is 0.468. The van der Waals surface area contributed by atoms with Crippen molar-refractivity contribution in [3.05, 3.63) is 132 Å². The van der Waals surface area contributed by atoms with Crippen LogP contribution < -0.4 is 0 Å². The van der Waals surface area contributed by atoms with Gasteiger partial charge < -0.3 is 4.42 Å². The molecule has 2 heteroatoms. The molecule has 1 unspecified atom stereocenters. The van der Waals surface area contributed by atoms with Gasteiger partial charge in [-0.25, -0.2) is 4.98 Å². The van der Waals surface area contributed by atoms with Crippen LogP contribution >= 0.6 is 0 Å². The molecule has 0 N–H and O–H groups in total. The lowest BCUT2D eigenvalue weighted by Crippen LogP contribution is -2.08. The van der Waals surface area contributed by atoms with Crippen LogP contribution in [-0.2, 0) is 6.42 Å². The second kappa shape index (κ2) is 8.89. The summed E-state index contributed by atoms with van der Waals surface area (Å²) in [6.07, 6.45) is 5.74. The van der Waals surface area contributed by atoms with Gasteiger partial charge in [-0.15, -0.1) is 0 Å². The summed E-state index contributed by atoms with van der Waals surface area (Å²) in [5.74, 6) is 0.468. The number of pyridine rings is 1.